The second-order valence-electron chi connectivity index (χ2n) is 9.56. The molecule has 0 saturated carbocycles. The van der Waals surface area contributed by atoms with Crippen molar-refractivity contribution in [2.75, 3.05) is 45.3 Å². The highest BCUT2D eigenvalue weighted by Gasteiger charge is 2.36. The van der Waals surface area contributed by atoms with Crippen molar-refractivity contribution in [3.8, 4) is 0 Å². The maximum atomic E-state index is 13.4. The fraction of sp³-hybridized carbons (Fsp3) is 0.500. The minimum atomic E-state index is -3.90. The molecule has 0 N–H and O–H groups in total. The van der Waals surface area contributed by atoms with E-state index in [-0.39, 0.29) is 46.1 Å². The Kier molecular flexibility index (Phi) is 8.83. The van der Waals surface area contributed by atoms with Gasteiger partial charge in [0.05, 0.1) is 22.7 Å². The normalized spacial score (nSPS) is 21.1. The van der Waals surface area contributed by atoms with Gasteiger partial charge in [-0.25, -0.2) is 8.42 Å². The predicted octanol–water partition coefficient (Wildman–Crippen LogP) is 4.98. The average Bonchev–Trinajstić information content (AvgIpc) is 3.34. The quantitative estimate of drug-likeness (QED) is 0.460. The highest BCUT2D eigenvalue weighted by Crippen LogP contribution is 2.35. The van der Waals surface area contributed by atoms with Crippen molar-refractivity contribution in [1.29, 1.82) is 0 Å². The van der Waals surface area contributed by atoms with Gasteiger partial charge >= 0.3 is 0 Å². The summed E-state index contributed by atoms with van der Waals surface area (Å²) in [6, 6.07) is 12.6. The second-order valence-corrected chi connectivity index (χ2v) is 12.2. The number of rotatable bonds is 8. The van der Waals surface area contributed by atoms with Gasteiger partial charge in [-0.1, -0.05) is 47.8 Å². The summed E-state index contributed by atoms with van der Waals surface area (Å²) < 4.78 is 34.1. The van der Waals surface area contributed by atoms with Crippen LogP contribution in [0.5, 0.6) is 0 Å². The molecule has 2 heterocycles. The minimum absolute atomic E-state index is 0.0335. The van der Waals surface area contributed by atoms with Gasteiger partial charge < -0.3 is 14.5 Å². The number of sulfonamides is 1. The lowest BCUT2D eigenvalue weighted by Gasteiger charge is -2.35. The van der Waals surface area contributed by atoms with E-state index in [1.165, 1.54) is 16.4 Å². The van der Waals surface area contributed by atoms with Crippen molar-refractivity contribution in [3.63, 3.8) is 0 Å². The molecule has 196 valence electrons. The molecule has 0 bridgehead atoms. The van der Waals surface area contributed by atoms with Gasteiger partial charge in [-0.2, -0.15) is 4.31 Å². The van der Waals surface area contributed by atoms with Crippen LogP contribution in [0.1, 0.15) is 43.7 Å². The van der Waals surface area contributed by atoms with Gasteiger partial charge in [-0.05, 0) is 55.5 Å². The number of hydrogen-bond donors (Lipinski definition) is 0. The zero-order chi connectivity index (χ0) is 25.9. The number of hydrogen-bond acceptors (Lipinski definition) is 5. The van der Waals surface area contributed by atoms with E-state index < -0.39 is 10.0 Å². The Morgan fingerprint density at radius 3 is 2.36 bits per heavy atom. The van der Waals surface area contributed by atoms with Crippen LogP contribution in [0.15, 0.2) is 47.4 Å². The lowest BCUT2D eigenvalue weighted by Crippen LogP contribution is -2.46. The van der Waals surface area contributed by atoms with E-state index in [4.69, 9.17) is 27.9 Å². The number of benzene rings is 2. The first kappa shape index (κ1) is 27.2. The fourth-order valence-electron chi connectivity index (χ4n) is 5.07. The van der Waals surface area contributed by atoms with Crippen LogP contribution in [0.3, 0.4) is 0 Å². The number of anilines is 1. The highest BCUT2D eigenvalue weighted by atomic mass is 35.5. The number of nitrogens with zero attached hydrogens (tertiary/aromatic N) is 3. The lowest BCUT2D eigenvalue weighted by atomic mass is 10.0. The summed E-state index contributed by atoms with van der Waals surface area (Å²) in [5.74, 6) is -0.0754. The van der Waals surface area contributed by atoms with E-state index in [9.17, 15) is 13.2 Å². The molecule has 2 aromatic rings. The molecule has 4 rings (SSSR count). The van der Waals surface area contributed by atoms with Crippen LogP contribution in [-0.4, -0.2) is 70.0 Å². The number of piperidine rings is 1. The zero-order valence-electron chi connectivity index (χ0n) is 20.7. The van der Waals surface area contributed by atoms with Crippen LogP contribution in [0.25, 0.3) is 0 Å². The van der Waals surface area contributed by atoms with E-state index in [1.807, 2.05) is 23.9 Å². The topological polar surface area (TPSA) is 70.2 Å². The third-order valence-corrected chi connectivity index (χ3v) is 9.87. The summed E-state index contributed by atoms with van der Waals surface area (Å²) in [6.07, 6.45) is 4.15. The van der Waals surface area contributed by atoms with E-state index in [2.05, 4.69) is 24.3 Å². The summed E-state index contributed by atoms with van der Waals surface area (Å²) in [5.41, 5.74) is 2.23. The Hall–Kier alpha value is -1.84. The van der Waals surface area contributed by atoms with E-state index in [0.29, 0.717) is 19.5 Å². The molecule has 1 amide bonds. The number of carbonyl (C=O) groups is 1. The van der Waals surface area contributed by atoms with Crippen molar-refractivity contribution in [2.24, 2.45) is 0 Å². The molecule has 2 aliphatic rings. The monoisotopic (exact) mass is 553 g/mol. The summed E-state index contributed by atoms with van der Waals surface area (Å²) in [5, 5.41) is 0.197. The van der Waals surface area contributed by atoms with Crippen LogP contribution in [0.4, 0.5) is 5.69 Å². The van der Waals surface area contributed by atoms with Gasteiger partial charge in [-0.3, -0.25) is 4.79 Å². The third kappa shape index (κ3) is 5.83. The summed E-state index contributed by atoms with van der Waals surface area (Å²) in [7, 11) is 0.0962. The average molecular weight is 555 g/mol. The molecule has 0 aromatic heterocycles. The number of ether oxygens (including phenoxy) is 1. The van der Waals surface area contributed by atoms with Crippen LogP contribution in [-0.2, 0) is 19.6 Å². The highest BCUT2D eigenvalue weighted by molar-refractivity contribution is 7.89. The molecule has 0 spiro atoms. The molecule has 36 heavy (non-hydrogen) atoms. The van der Waals surface area contributed by atoms with Crippen molar-refractivity contribution in [2.45, 2.75) is 49.1 Å². The van der Waals surface area contributed by atoms with Gasteiger partial charge in [0, 0.05) is 38.9 Å². The number of likely N-dealkylation sites (tertiary alicyclic amines) is 1. The Labute approximate surface area is 224 Å². The molecule has 2 fully saturated rings. The first-order chi connectivity index (χ1) is 17.2. The van der Waals surface area contributed by atoms with E-state index in [0.717, 1.165) is 36.9 Å². The van der Waals surface area contributed by atoms with Gasteiger partial charge in [-0.15, -0.1) is 0 Å². The molecule has 2 aromatic carbocycles. The Balaban J connectivity index is 1.39. The van der Waals surface area contributed by atoms with Crippen LogP contribution >= 0.6 is 23.2 Å². The van der Waals surface area contributed by atoms with Gasteiger partial charge in [0.15, 0.2) is 0 Å². The maximum Gasteiger partial charge on any atom is 0.249 e. The van der Waals surface area contributed by atoms with E-state index in [1.54, 1.807) is 6.07 Å². The summed E-state index contributed by atoms with van der Waals surface area (Å²) in [6.45, 7) is 1.12. The number of amides is 1. The van der Waals surface area contributed by atoms with Crippen molar-refractivity contribution in [1.82, 2.24) is 9.21 Å². The molecule has 2 aliphatic heterocycles. The first-order valence-corrected chi connectivity index (χ1v) is 14.5. The van der Waals surface area contributed by atoms with Gasteiger partial charge in [0.25, 0.3) is 0 Å². The Morgan fingerprint density at radius 2 is 1.69 bits per heavy atom. The molecule has 10 heteroatoms. The number of carbonyl (C=O) groups excluding carboxylic acids is 1. The molecule has 7 nitrogen and oxygen atoms in total. The summed E-state index contributed by atoms with van der Waals surface area (Å²) >= 11 is 12.4. The van der Waals surface area contributed by atoms with Crippen LogP contribution in [0, 0.1) is 0 Å². The fourth-order valence-corrected chi connectivity index (χ4v) is 7.85. The molecule has 0 aliphatic carbocycles. The smallest absolute Gasteiger partial charge is 0.249 e. The SMILES string of the molecule is CN(C)c1ccc(C2CCCN2C(=O)COCC2CCCCN2S(=O)(=O)c2c(Cl)cccc2Cl)cc1. The number of halogens is 2. The molecular formula is C26H33Cl2N3O4S. The van der Waals surface area contributed by atoms with Gasteiger partial charge in [0.2, 0.25) is 15.9 Å². The lowest BCUT2D eigenvalue weighted by molar-refractivity contribution is -0.137. The third-order valence-electron chi connectivity index (χ3n) is 6.96. The summed E-state index contributed by atoms with van der Waals surface area (Å²) in [4.78, 5) is 16.9. The van der Waals surface area contributed by atoms with Crippen LogP contribution in [0.2, 0.25) is 10.0 Å². The van der Waals surface area contributed by atoms with E-state index >= 15 is 0 Å². The molecule has 2 atom stereocenters. The van der Waals surface area contributed by atoms with Crippen molar-refractivity contribution < 1.29 is 17.9 Å². The molecular weight excluding hydrogens is 521 g/mol. The van der Waals surface area contributed by atoms with Crippen LogP contribution < -0.4 is 4.90 Å². The van der Waals surface area contributed by atoms with Crippen molar-refractivity contribution >= 4 is 44.8 Å². The molecule has 2 unspecified atom stereocenters. The largest absolute Gasteiger partial charge is 0.378 e. The molecule has 2 saturated heterocycles. The van der Waals surface area contributed by atoms with Gasteiger partial charge in [0.1, 0.15) is 11.5 Å². The molecule has 0 radical (unpaired) electrons. The Bertz CT molecular complexity index is 1150. The zero-order valence-corrected chi connectivity index (χ0v) is 23.0. The minimum Gasteiger partial charge on any atom is -0.378 e. The Morgan fingerprint density at radius 1 is 1.00 bits per heavy atom. The predicted molar refractivity (Wildman–Crippen MR) is 143 cm³/mol. The van der Waals surface area contributed by atoms with Crippen molar-refractivity contribution in [3.05, 3.63) is 58.1 Å². The maximum absolute atomic E-state index is 13.4. The second kappa shape index (κ2) is 11.7. The first-order valence-electron chi connectivity index (χ1n) is 12.3. The standard InChI is InChI=1S/C26H33Cl2N3O4S/c1-29(2)20-13-11-19(12-14-20)24-10-6-15-30(24)25(32)18-35-17-21-7-3-4-16-31(21)36(33,34)26-22(27)8-5-9-23(26)28/h5,8-9,11-14,21,24H,3-4,6-7,10,15-18H2,1-2H3.